The van der Waals surface area contributed by atoms with Crippen LogP contribution in [0.15, 0.2) is 46.2 Å². The number of aryl methyl sites for hydroxylation is 1. The molecule has 7 heteroatoms. The van der Waals surface area contributed by atoms with Gasteiger partial charge in [0.15, 0.2) is 16.7 Å². The molecule has 3 aromatic rings. The van der Waals surface area contributed by atoms with Crippen molar-refractivity contribution in [2.24, 2.45) is 7.05 Å². The number of anilines is 1. The van der Waals surface area contributed by atoms with Crippen LogP contribution < -0.4 is 5.32 Å². The van der Waals surface area contributed by atoms with Crippen LogP contribution in [0.2, 0.25) is 0 Å². The zero-order chi connectivity index (χ0) is 18.7. The molecule has 0 aliphatic carbocycles. The predicted octanol–water partition coefficient (Wildman–Crippen LogP) is 4.24. The first kappa shape index (κ1) is 18.3. The van der Waals surface area contributed by atoms with Crippen molar-refractivity contribution in [2.75, 3.05) is 11.1 Å². The number of para-hydroxylation sites is 1. The van der Waals surface area contributed by atoms with Crippen LogP contribution in [-0.2, 0) is 11.8 Å². The van der Waals surface area contributed by atoms with Gasteiger partial charge in [0.05, 0.1) is 12.0 Å². The first-order valence-electron chi connectivity index (χ1n) is 8.42. The number of rotatable bonds is 6. The molecule has 1 aromatic carbocycles. The molecule has 2 aromatic heterocycles. The minimum absolute atomic E-state index is 0.0613. The van der Waals surface area contributed by atoms with Crippen LogP contribution in [0.3, 0.4) is 0 Å². The van der Waals surface area contributed by atoms with E-state index in [4.69, 9.17) is 4.42 Å². The Labute approximate surface area is 157 Å². The van der Waals surface area contributed by atoms with E-state index in [1.807, 2.05) is 36.7 Å². The van der Waals surface area contributed by atoms with Gasteiger partial charge in [-0.3, -0.25) is 4.79 Å². The van der Waals surface area contributed by atoms with Crippen LogP contribution >= 0.6 is 11.8 Å². The molecular formula is C19H22N4O2S. The number of carbonyl (C=O) groups is 1. The van der Waals surface area contributed by atoms with Crippen LogP contribution in [-0.4, -0.2) is 26.4 Å². The van der Waals surface area contributed by atoms with Crippen LogP contribution in [0.5, 0.6) is 0 Å². The van der Waals surface area contributed by atoms with E-state index >= 15 is 0 Å². The molecule has 0 radical (unpaired) electrons. The van der Waals surface area contributed by atoms with Crippen LogP contribution in [0.25, 0.3) is 11.6 Å². The van der Waals surface area contributed by atoms with Gasteiger partial charge in [-0.15, -0.1) is 10.2 Å². The summed E-state index contributed by atoms with van der Waals surface area (Å²) < 4.78 is 7.18. The second-order valence-electron chi connectivity index (χ2n) is 6.37. The van der Waals surface area contributed by atoms with E-state index in [1.54, 1.807) is 12.3 Å². The second-order valence-corrected chi connectivity index (χ2v) is 7.32. The Morgan fingerprint density at radius 1 is 1.27 bits per heavy atom. The Hall–Kier alpha value is -2.54. The SMILES string of the molecule is Cc1cccc(C(C)C)c1NC(=O)CSc1nnc(-c2ccco2)n1C. The smallest absolute Gasteiger partial charge is 0.234 e. The summed E-state index contributed by atoms with van der Waals surface area (Å²) in [6, 6.07) is 9.71. The standard InChI is InChI=1S/C19H22N4O2S/c1-12(2)14-8-5-7-13(3)17(14)20-16(24)11-26-19-22-21-18(23(19)4)15-9-6-10-25-15/h5-10,12H,11H2,1-4H3,(H,20,24). The summed E-state index contributed by atoms with van der Waals surface area (Å²) in [6.45, 7) is 6.25. The number of hydrogen-bond donors (Lipinski definition) is 1. The van der Waals surface area contributed by atoms with Gasteiger partial charge < -0.3 is 14.3 Å². The lowest BCUT2D eigenvalue weighted by Crippen LogP contribution is -2.17. The van der Waals surface area contributed by atoms with Gasteiger partial charge in [-0.1, -0.05) is 43.8 Å². The van der Waals surface area contributed by atoms with E-state index in [9.17, 15) is 4.79 Å². The second kappa shape index (κ2) is 7.78. The molecule has 0 aliphatic rings. The maximum absolute atomic E-state index is 12.5. The van der Waals surface area contributed by atoms with Gasteiger partial charge in [0.2, 0.25) is 5.91 Å². The summed E-state index contributed by atoms with van der Waals surface area (Å²) >= 11 is 1.35. The fourth-order valence-electron chi connectivity index (χ4n) is 2.71. The summed E-state index contributed by atoms with van der Waals surface area (Å²) in [5.41, 5.74) is 3.11. The molecule has 26 heavy (non-hydrogen) atoms. The maximum atomic E-state index is 12.5. The van der Waals surface area contributed by atoms with Crippen molar-refractivity contribution in [3.8, 4) is 11.6 Å². The van der Waals surface area contributed by atoms with Crippen molar-refractivity contribution in [1.29, 1.82) is 0 Å². The third-order valence-electron chi connectivity index (χ3n) is 4.10. The number of benzene rings is 1. The van der Waals surface area contributed by atoms with E-state index in [0.717, 1.165) is 16.8 Å². The minimum Gasteiger partial charge on any atom is -0.461 e. The Morgan fingerprint density at radius 2 is 2.08 bits per heavy atom. The average Bonchev–Trinajstić information content (AvgIpc) is 3.24. The van der Waals surface area contributed by atoms with Crippen molar-refractivity contribution in [3.63, 3.8) is 0 Å². The normalized spacial score (nSPS) is 11.1. The molecule has 0 fully saturated rings. The van der Waals surface area contributed by atoms with Gasteiger partial charge in [0, 0.05) is 12.7 Å². The Morgan fingerprint density at radius 3 is 2.77 bits per heavy atom. The lowest BCUT2D eigenvalue weighted by Gasteiger charge is -2.16. The highest BCUT2D eigenvalue weighted by molar-refractivity contribution is 7.99. The molecular weight excluding hydrogens is 348 g/mol. The average molecular weight is 370 g/mol. The van der Waals surface area contributed by atoms with Gasteiger partial charge in [-0.2, -0.15) is 0 Å². The van der Waals surface area contributed by atoms with Crippen molar-refractivity contribution in [3.05, 3.63) is 47.7 Å². The molecule has 0 unspecified atom stereocenters. The summed E-state index contributed by atoms with van der Waals surface area (Å²) in [6.07, 6.45) is 1.60. The molecule has 0 bridgehead atoms. The zero-order valence-corrected chi connectivity index (χ0v) is 16.1. The molecule has 6 nitrogen and oxygen atoms in total. The lowest BCUT2D eigenvalue weighted by atomic mass is 9.98. The van der Waals surface area contributed by atoms with Gasteiger partial charge in [-0.25, -0.2) is 0 Å². The highest BCUT2D eigenvalue weighted by atomic mass is 32.2. The summed E-state index contributed by atoms with van der Waals surface area (Å²) in [5.74, 6) is 1.83. The number of thioether (sulfide) groups is 1. The number of furan rings is 1. The number of nitrogens with zero attached hydrogens (tertiary/aromatic N) is 3. The van der Waals surface area contributed by atoms with Gasteiger partial charge in [0.25, 0.3) is 0 Å². The Bertz CT molecular complexity index is 900. The highest BCUT2D eigenvalue weighted by Crippen LogP contribution is 2.28. The first-order valence-corrected chi connectivity index (χ1v) is 9.41. The van der Waals surface area contributed by atoms with Crippen molar-refractivity contribution < 1.29 is 9.21 Å². The van der Waals surface area contributed by atoms with E-state index in [-0.39, 0.29) is 11.7 Å². The van der Waals surface area contributed by atoms with Crippen LogP contribution in [0.1, 0.15) is 30.9 Å². The fraction of sp³-hybridized carbons (Fsp3) is 0.316. The van der Waals surface area contributed by atoms with E-state index in [1.165, 1.54) is 11.8 Å². The number of amides is 1. The van der Waals surface area contributed by atoms with E-state index in [0.29, 0.717) is 22.7 Å². The molecule has 0 aliphatic heterocycles. The van der Waals surface area contributed by atoms with Crippen LogP contribution in [0.4, 0.5) is 5.69 Å². The number of carbonyl (C=O) groups excluding carboxylic acids is 1. The number of nitrogens with one attached hydrogen (secondary N) is 1. The van der Waals surface area contributed by atoms with Crippen molar-refractivity contribution >= 4 is 23.4 Å². The van der Waals surface area contributed by atoms with Crippen LogP contribution in [0, 0.1) is 6.92 Å². The molecule has 1 amide bonds. The first-order chi connectivity index (χ1) is 12.5. The molecule has 2 heterocycles. The Kier molecular flexibility index (Phi) is 5.46. The minimum atomic E-state index is -0.0613. The summed E-state index contributed by atoms with van der Waals surface area (Å²) in [5, 5.41) is 12.0. The zero-order valence-electron chi connectivity index (χ0n) is 15.3. The maximum Gasteiger partial charge on any atom is 0.234 e. The quantitative estimate of drug-likeness (QED) is 0.657. The molecule has 3 rings (SSSR count). The monoisotopic (exact) mass is 370 g/mol. The van der Waals surface area contributed by atoms with Gasteiger partial charge in [0.1, 0.15) is 0 Å². The van der Waals surface area contributed by atoms with Crippen molar-refractivity contribution in [2.45, 2.75) is 31.8 Å². The molecule has 0 saturated heterocycles. The third-order valence-corrected chi connectivity index (χ3v) is 5.12. The molecule has 0 spiro atoms. The topological polar surface area (TPSA) is 73.0 Å². The molecule has 0 atom stereocenters. The summed E-state index contributed by atoms with van der Waals surface area (Å²) in [7, 11) is 1.86. The largest absolute Gasteiger partial charge is 0.461 e. The third kappa shape index (κ3) is 3.83. The van der Waals surface area contributed by atoms with E-state index in [2.05, 4.69) is 35.4 Å². The van der Waals surface area contributed by atoms with Gasteiger partial charge >= 0.3 is 0 Å². The van der Waals surface area contributed by atoms with E-state index < -0.39 is 0 Å². The fourth-order valence-corrected chi connectivity index (χ4v) is 3.42. The predicted molar refractivity (Wildman–Crippen MR) is 103 cm³/mol. The van der Waals surface area contributed by atoms with Gasteiger partial charge in [-0.05, 0) is 36.1 Å². The molecule has 136 valence electrons. The van der Waals surface area contributed by atoms with Crippen molar-refractivity contribution in [1.82, 2.24) is 14.8 Å². The highest BCUT2D eigenvalue weighted by Gasteiger charge is 2.16. The Balaban J connectivity index is 1.68. The number of aromatic nitrogens is 3. The molecule has 1 N–H and O–H groups in total. The molecule has 0 saturated carbocycles. The summed E-state index contributed by atoms with van der Waals surface area (Å²) in [4.78, 5) is 12.5. The number of hydrogen-bond acceptors (Lipinski definition) is 5. The lowest BCUT2D eigenvalue weighted by molar-refractivity contribution is -0.113.